The quantitative estimate of drug-likeness (QED) is 0.772. The van der Waals surface area contributed by atoms with Crippen molar-refractivity contribution >= 4 is 0 Å². The first-order chi connectivity index (χ1) is 9.07. The maximum Gasteiger partial charge on any atom is 0.0898 e. The highest BCUT2D eigenvalue weighted by Gasteiger charge is 2.29. The van der Waals surface area contributed by atoms with Gasteiger partial charge in [0.15, 0.2) is 0 Å². The summed E-state index contributed by atoms with van der Waals surface area (Å²) in [4.78, 5) is 0. The van der Waals surface area contributed by atoms with E-state index in [1.165, 1.54) is 12.8 Å². The first kappa shape index (κ1) is 15.2. The van der Waals surface area contributed by atoms with E-state index in [4.69, 9.17) is 9.47 Å². The highest BCUT2D eigenvalue weighted by molar-refractivity contribution is 4.87. The number of β-amino-alcohol motifs (C(OH)–C–C–N with tert-alkyl or cyclic N) is 1. The second kappa shape index (κ2) is 7.02. The topological polar surface area (TPSA) is 50.7 Å². The molecule has 0 spiro atoms. The first-order valence-corrected chi connectivity index (χ1v) is 7.70. The van der Waals surface area contributed by atoms with E-state index in [-0.39, 0.29) is 5.54 Å². The molecule has 0 aromatic heterocycles. The normalized spacial score (nSPS) is 37.4. The largest absolute Gasteiger partial charge is 0.389 e. The van der Waals surface area contributed by atoms with Crippen molar-refractivity contribution in [3.63, 3.8) is 0 Å². The molecule has 112 valence electrons. The highest BCUT2D eigenvalue weighted by Crippen LogP contribution is 2.25. The summed E-state index contributed by atoms with van der Waals surface area (Å²) in [7, 11) is 0. The zero-order valence-electron chi connectivity index (χ0n) is 12.4. The van der Waals surface area contributed by atoms with Crippen LogP contribution in [0, 0.1) is 5.92 Å². The number of aliphatic hydroxyl groups is 1. The van der Waals surface area contributed by atoms with E-state index in [0.717, 1.165) is 38.4 Å². The Morgan fingerprint density at radius 2 is 2.32 bits per heavy atom. The molecule has 0 aromatic carbocycles. The number of hydrogen-bond donors (Lipinski definition) is 2. The van der Waals surface area contributed by atoms with Crippen molar-refractivity contribution in [2.45, 2.75) is 63.7 Å². The summed E-state index contributed by atoms with van der Waals surface area (Å²) in [6, 6.07) is 0. The van der Waals surface area contributed by atoms with Gasteiger partial charge in [0.05, 0.1) is 25.4 Å². The van der Waals surface area contributed by atoms with Gasteiger partial charge >= 0.3 is 0 Å². The van der Waals surface area contributed by atoms with Crippen molar-refractivity contribution < 1.29 is 14.6 Å². The van der Waals surface area contributed by atoms with Gasteiger partial charge in [-0.25, -0.2) is 0 Å². The molecule has 1 aliphatic heterocycles. The molecule has 19 heavy (non-hydrogen) atoms. The summed E-state index contributed by atoms with van der Waals surface area (Å²) < 4.78 is 11.2. The van der Waals surface area contributed by atoms with E-state index < -0.39 is 6.10 Å². The predicted octanol–water partition coefficient (Wildman–Crippen LogP) is 1.71. The molecule has 2 fully saturated rings. The second-order valence-corrected chi connectivity index (χ2v) is 6.63. The van der Waals surface area contributed by atoms with Crippen LogP contribution in [0.15, 0.2) is 0 Å². The minimum Gasteiger partial charge on any atom is -0.389 e. The van der Waals surface area contributed by atoms with Gasteiger partial charge in [-0.3, -0.25) is 0 Å². The number of hydrogen-bond acceptors (Lipinski definition) is 4. The monoisotopic (exact) mass is 271 g/mol. The van der Waals surface area contributed by atoms with Gasteiger partial charge < -0.3 is 19.9 Å². The lowest BCUT2D eigenvalue weighted by Crippen LogP contribution is -2.47. The van der Waals surface area contributed by atoms with Crippen LogP contribution in [0.25, 0.3) is 0 Å². The van der Waals surface area contributed by atoms with E-state index in [2.05, 4.69) is 19.2 Å². The molecule has 4 unspecified atom stereocenters. The third-order valence-electron chi connectivity index (χ3n) is 4.40. The third-order valence-corrected chi connectivity index (χ3v) is 4.40. The van der Waals surface area contributed by atoms with E-state index in [9.17, 15) is 5.11 Å². The Bertz CT molecular complexity index is 266. The van der Waals surface area contributed by atoms with E-state index in [1.807, 2.05) is 0 Å². The summed E-state index contributed by atoms with van der Waals surface area (Å²) >= 11 is 0. The van der Waals surface area contributed by atoms with Gasteiger partial charge in [-0.2, -0.15) is 0 Å². The van der Waals surface area contributed by atoms with Crippen LogP contribution >= 0.6 is 0 Å². The van der Waals surface area contributed by atoms with Crippen LogP contribution in [0.2, 0.25) is 0 Å². The molecule has 2 N–H and O–H groups in total. The van der Waals surface area contributed by atoms with Crippen molar-refractivity contribution in [1.82, 2.24) is 5.32 Å². The van der Waals surface area contributed by atoms with Gasteiger partial charge in [-0.05, 0) is 32.1 Å². The van der Waals surface area contributed by atoms with Crippen LogP contribution in [0.5, 0.6) is 0 Å². The average molecular weight is 271 g/mol. The van der Waals surface area contributed by atoms with Crippen LogP contribution in [0.3, 0.4) is 0 Å². The zero-order chi connectivity index (χ0) is 13.7. The van der Waals surface area contributed by atoms with E-state index >= 15 is 0 Å². The summed E-state index contributed by atoms with van der Waals surface area (Å²) in [5.74, 6) is 0.767. The van der Waals surface area contributed by atoms with Crippen molar-refractivity contribution in [2.75, 3.05) is 26.4 Å². The minimum atomic E-state index is -0.422. The molecule has 4 heteroatoms. The Morgan fingerprint density at radius 3 is 3.00 bits per heavy atom. The number of rotatable bonds is 6. The third kappa shape index (κ3) is 5.03. The SMILES string of the molecule is CC1CCCC(OCC(O)CNC2(C)CCOC2)C1. The van der Waals surface area contributed by atoms with Gasteiger partial charge in [0.2, 0.25) is 0 Å². The maximum absolute atomic E-state index is 9.99. The van der Waals surface area contributed by atoms with E-state index in [1.54, 1.807) is 0 Å². The summed E-state index contributed by atoms with van der Waals surface area (Å²) in [5.41, 5.74) is 0.0281. The van der Waals surface area contributed by atoms with Crippen LogP contribution < -0.4 is 5.32 Å². The molecule has 1 aliphatic carbocycles. The van der Waals surface area contributed by atoms with Crippen molar-refractivity contribution in [3.05, 3.63) is 0 Å². The lowest BCUT2D eigenvalue weighted by atomic mass is 9.89. The Morgan fingerprint density at radius 1 is 1.47 bits per heavy atom. The second-order valence-electron chi connectivity index (χ2n) is 6.63. The molecule has 1 saturated carbocycles. The van der Waals surface area contributed by atoms with Crippen molar-refractivity contribution in [3.8, 4) is 0 Å². The van der Waals surface area contributed by atoms with Crippen molar-refractivity contribution in [1.29, 1.82) is 0 Å². The first-order valence-electron chi connectivity index (χ1n) is 7.70. The summed E-state index contributed by atoms with van der Waals surface area (Å²) in [6.07, 6.45) is 5.82. The molecule has 1 heterocycles. The van der Waals surface area contributed by atoms with E-state index in [0.29, 0.717) is 19.3 Å². The Kier molecular flexibility index (Phi) is 5.63. The molecule has 0 amide bonds. The number of ether oxygens (including phenoxy) is 2. The zero-order valence-corrected chi connectivity index (χ0v) is 12.4. The van der Waals surface area contributed by atoms with Gasteiger partial charge in [0.1, 0.15) is 0 Å². The minimum absolute atomic E-state index is 0.0281. The lowest BCUT2D eigenvalue weighted by Gasteiger charge is -2.29. The molecule has 0 bridgehead atoms. The molecule has 0 radical (unpaired) electrons. The molecular formula is C15H29NO3. The van der Waals surface area contributed by atoms with Gasteiger partial charge in [0, 0.05) is 18.7 Å². The highest BCUT2D eigenvalue weighted by atomic mass is 16.5. The standard InChI is InChI=1S/C15H29NO3/c1-12-4-3-5-14(8-12)19-10-13(17)9-16-15(2)6-7-18-11-15/h12-14,16-17H,3-11H2,1-2H3. The van der Waals surface area contributed by atoms with Crippen LogP contribution in [0.4, 0.5) is 0 Å². The predicted molar refractivity (Wildman–Crippen MR) is 75.2 cm³/mol. The number of aliphatic hydroxyl groups excluding tert-OH is 1. The number of nitrogens with one attached hydrogen (secondary N) is 1. The molecule has 2 aliphatic rings. The molecule has 0 aromatic rings. The molecular weight excluding hydrogens is 242 g/mol. The van der Waals surface area contributed by atoms with Crippen LogP contribution in [0.1, 0.15) is 46.0 Å². The molecule has 4 nitrogen and oxygen atoms in total. The van der Waals surface area contributed by atoms with Crippen LogP contribution in [-0.4, -0.2) is 49.2 Å². The Hall–Kier alpha value is -0.160. The lowest BCUT2D eigenvalue weighted by molar-refractivity contribution is -0.0322. The van der Waals surface area contributed by atoms with Gasteiger partial charge in [-0.1, -0.05) is 19.8 Å². The summed E-state index contributed by atoms with van der Waals surface area (Å²) in [6.45, 7) is 7.02. The molecule has 2 rings (SSSR count). The fourth-order valence-electron chi connectivity index (χ4n) is 3.01. The fraction of sp³-hybridized carbons (Fsp3) is 1.00. The maximum atomic E-state index is 9.99. The van der Waals surface area contributed by atoms with Crippen molar-refractivity contribution in [2.24, 2.45) is 5.92 Å². The summed E-state index contributed by atoms with van der Waals surface area (Å²) in [5, 5.41) is 13.4. The van der Waals surface area contributed by atoms with Gasteiger partial charge in [0.25, 0.3) is 0 Å². The molecule has 4 atom stereocenters. The Labute approximate surface area is 116 Å². The smallest absolute Gasteiger partial charge is 0.0898 e. The average Bonchev–Trinajstić information content (AvgIpc) is 2.82. The molecule has 1 saturated heterocycles. The van der Waals surface area contributed by atoms with Crippen LogP contribution in [-0.2, 0) is 9.47 Å². The Balaban J connectivity index is 1.60. The van der Waals surface area contributed by atoms with Gasteiger partial charge in [-0.15, -0.1) is 0 Å². The fourth-order valence-corrected chi connectivity index (χ4v) is 3.01.